The van der Waals surface area contributed by atoms with E-state index >= 15 is 0 Å². The molecule has 2 aromatic carbocycles. The third-order valence-electron chi connectivity index (χ3n) is 6.94. The molecule has 0 unspecified atom stereocenters. The first-order chi connectivity index (χ1) is 17.7. The summed E-state index contributed by atoms with van der Waals surface area (Å²) in [5.74, 6) is 0.0731. The summed E-state index contributed by atoms with van der Waals surface area (Å²) in [7, 11) is -3.43. The fourth-order valence-electron chi connectivity index (χ4n) is 5.03. The number of benzene rings is 2. The van der Waals surface area contributed by atoms with E-state index in [4.69, 9.17) is 0 Å². The van der Waals surface area contributed by atoms with Crippen LogP contribution in [0.5, 0.6) is 0 Å². The number of pyridine rings is 1. The van der Waals surface area contributed by atoms with Crippen molar-refractivity contribution in [2.45, 2.75) is 46.1 Å². The minimum absolute atomic E-state index is 0.0219. The Morgan fingerprint density at radius 1 is 1.11 bits per heavy atom. The van der Waals surface area contributed by atoms with E-state index in [9.17, 15) is 18.5 Å². The fraction of sp³-hybridized carbons (Fsp3) is 0.310. The highest BCUT2D eigenvalue weighted by Crippen LogP contribution is 2.43. The van der Waals surface area contributed by atoms with E-state index in [0.717, 1.165) is 47.1 Å². The van der Waals surface area contributed by atoms with Gasteiger partial charge < -0.3 is 4.57 Å². The lowest BCUT2D eigenvalue weighted by Crippen LogP contribution is -2.20. The molecular weight excluding hydrogens is 484 g/mol. The normalized spacial score (nSPS) is 14.0. The molecule has 1 N–H and O–H groups in total. The number of sulfonamides is 1. The van der Waals surface area contributed by atoms with Gasteiger partial charge in [-0.3, -0.25) is 14.1 Å². The lowest BCUT2D eigenvalue weighted by Gasteiger charge is -2.30. The Morgan fingerprint density at radius 2 is 1.84 bits per heavy atom. The summed E-state index contributed by atoms with van der Waals surface area (Å²) in [5, 5.41) is 11.1. The molecule has 4 aromatic rings. The van der Waals surface area contributed by atoms with Crippen molar-refractivity contribution in [3.63, 3.8) is 0 Å². The smallest absolute Gasteiger partial charge is 0.257 e. The van der Waals surface area contributed by atoms with Crippen molar-refractivity contribution in [1.82, 2.24) is 9.13 Å². The number of aryl methyl sites for hydroxylation is 1. The summed E-state index contributed by atoms with van der Waals surface area (Å²) in [4.78, 5) is 12.8. The van der Waals surface area contributed by atoms with Crippen LogP contribution in [0.2, 0.25) is 0 Å². The molecule has 1 saturated carbocycles. The summed E-state index contributed by atoms with van der Waals surface area (Å²) in [6.07, 6.45) is 4.92. The topological polar surface area (TPSA) is 96.9 Å². The number of hydrogen-bond acceptors (Lipinski definition) is 4. The summed E-state index contributed by atoms with van der Waals surface area (Å²) in [6, 6.07) is 19.3. The number of rotatable bonds is 7. The molecule has 190 valence electrons. The second-order valence-corrected chi connectivity index (χ2v) is 12.0. The predicted molar refractivity (Wildman–Crippen MR) is 148 cm³/mol. The monoisotopic (exact) mass is 514 g/mol. The molecule has 5 rings (SSSR count). The number of nitrogens with zero attached hydrogens (tertiary/aromatic N) is 3. The first kappa shape index (κ1) is 24.8. The Balaban J connectivity index is 1.64. The molecule has 0 radical (unpaired) electrons. The largest absolute Gasteiger partial charge is 0.336 e. The van der Waals surface area contributed by atoms with Gasteiger partial charge in [0.1, 0.15) is 6.07 Å². The minimum Gasteiger partial charge on any atom is -0.336 e. The first-order valence-corrected chi connectivity index (χ1v) is 14.2. The van der Waals surface area contributed by atoms with Gasteiger partial charge in [0.05, 0.1) is 28.2 Å². The lowest BCUT2D eigenvalue weighted by molar-refractivity contribution is 0.324. The van der Waals surface area contributed by atoms with Crippen LogP contribution in [0, 0.1) is 24.2 Å². The van der Waals surface area contributed by atoms with E-state index in [1.54, 1.807) is 35.9 Å². The Hall–Kier alpha value is -3.83. The van der Waals surface area contributed by atoms with E-state index in [1.165, 1.54) is 0 Å². The molecule has 0 amide bonds. The van der Waals surface area contributed by atoms with Gasteiger partial charge in [-0.2, -0.15) is 5.26 Å². The van der Waals surface area contributed by atoms with Crippen LogP contribution in [-0.2, 0) is 10.0 Å². The molecule has 0 bridgehead atoms. The molecule has 0 atom stereocenters. The number of hydrogen-bond donors (Lipinski definition) is 1. The molecule has 2 heterocycles. The van der Waals surface area contributed by atoms with Crippen molar-refractivity contribution >= 4 is 26.6 Å². The van der Waals surface area contributed by atoms with Crippen molar-refractivity contribution in [2.24, 2.45) is 5.92 Å². The van der Waals surface area contributed by atoms with Crippen LogP contribution < -0.4 is 10.3 Å². The fourth-order valence-corrected chi connectivity index (χ4v) is 6.49. The first-order valence-electron chi connectivity index (χ1n) is 12.6. The quantitative estimate of drug-likeness (QED) is 0.339. The molecule has 1 fully saturated rings. The van der Waals surface area contributed by atoms with Gasteiger partial charge in [-0.05, 0) is 74.1 Å². The highest BCUT2D eigenvalue weighted by molar-refractivity contribution is 7.92. The van der Waals surface area contributed by atoms with Crippen molar-refractivity contribution in [2.75, 3.05) is 10.5 Å². The van der Waals surface area contributed by atoms with Crippen LogP contribution in [0.1, 0.15) is 50.3 Å². The molecule has 0 saturated heterocycles. The van der Waals surface area contributed by atoms with E-state index in [-0.39, 0.29) is 23.3 Å². The lowest BCUT2D eigenvalue weighted by atomic mass is 9.92. The van der Waals surface area contributed by atoms with Crippen LogP contribution in [0.3, 0.4) is 0 Å². The molecule has 2 aromatic heterocycles. The Kier molecular flexibility index (Phi) is 6.42. The SMILES string of the molecule is Cc1cccn(-c2ccc3c(C#N)c(-c4ccc(NS(=O)(=O)CC(C)C)cc4)n(C4CCC4)c3c2)c1=O. The van der Waals surface area contributed by atoms with Gasteiger partial charge in [-0.15, -0.1) is 0 Å². The summed E-state index contributed by atoms with van der Waals surface area (Å²) in [5.41, 5.74) is 5.02. The zero-order valence-corrected chi connectivity index (χ0v) is 22.0. The summed E-state index contributed by atoms with van der Waals surface area (Å²) in [6.45, 7) is 5.53. The molecular formula is C29H30N4O3S. The van der Waals surface area contributed by atoms with E-state index in [1.807, 2.05) is 50.2 Å². The van der Waals surface area contributed by atoms with Crippen LogP contribution in [0.25, 0.3) is 27.8 Å². The van der Waals surface area contributed by atoms with Gasteiger partial charge in [0.2, 0.25) is 10.0 Å². The van der Waals surface area contributed by atoms with Gasteiger partial charge in [0, 0.05) is 28.9 Å². The third-order valence-corrected chi connectivity index (χ3v) is 8.59. The van der Waals surface area contributed by atoms with Crippen molar-refractivity contribution < 1.29 is 8.42 Å². The summed E-state index contributed by atoms with van der Waals surface area (Å²) >= 11 is 0. The van der Waals surface area contributed by atoms with E-state index in [0.29, 0.717) is 16.8 Å². The average Bonchev–Trinajstić information content (AvgIpc) is 3.12. The molecule has 1 aliphatic rings. The van der Waals surface area contributed by atoms with Crippen molar-refractivity contribution in [1.29, 1.82) is 5.26 Å². The zero-order valence-electron chi connectivity index (χ0n) is 21.2. The number of aromatic nitrogens is 2. The predicted octanol–water partition coefficient (Wildman–Crippen LogP) is 5.76. The van der Waals surface area contributed by atoms with Gasteiger partial charge in [0.15, 0.2) is 0 Å². The second kappa shape index (κ2) is 9.56. The van der Waals surface area contributed by atoms with Crippen LogP contribution in [0.4, 0.5) is 5.69 Å². The van der Waals surface area contributed by atoms with Crippen LogP contribution in [0.15, 0.2) is 65.6 Å². The summed E-state index contributed by atoms with van der Waals surface area (Å²) < 4.78 is 31.3. The zero-order chi connectivity index (χ0) is 26.3. The van der Waals surface area contributed by atoms with Gasteiger partial charge in [-0.1, -0.05) is 32.0 Å². The van der Waals surface area contributed by atoms with Gasteiger partial charge >= 0.3 is 0 Å². The highest BCUT2D eigenvalue weighted by Gasteiger charge is 2.28. The van der Waals surface area contributed by atoms with Crippen molar-refractivity contribution in [3.8, 4) is 23.0 Å². The molecule has 0 aliphatic heterocycles. The number of fused-ring (bicyclic) bond motifs is 1. The maximum absolute atomic E-state index is 12.8. The average molecular weight is 515 g/mol. The van der Waals surface area contributed by atoms with Crippen LogP contribution in [-0.4, -0.2) is 23.3 Å². The van der Waals surface area contributed by atoms with E-state index in [2.05, 4.69) is 15.4 Å². The van der Waals surface area contributed by atoms with Gasteiger partial charge in [-0.25, -0.2) is 8.42 Å². The van der Waals surface area contributed by atoms with Gasteiger partial charge in [0.25, 0.3) is 5.56 Å². The van der Waals surface area contributed by atoms with E-state index < -0.39 is 10.0 Å². The molecule has 7 nitrogen and oxygen atoms in total. The molecule has 8 heteroatoms. The number of anilines is 1. The molecule has 1 aliphatic carbocycles. The molecule has 37 heavy (non-hydrogen) atoms. The highest BCUT2D eigenvalue weighted by atomic mass is 32.2. The minimum atomic E-state index is -3.43. The van der Waals surface area contributed by atoms with Crippen molar-refractivity contribution in [3.05, 3.63) is 82.3 Å². The maximum Gasteiger partial charge on any atom is 0.257 e. The van der Waals surface area contributed by atoms with Crippen LogP contribution >= 0.6 is 0 Å². The maximum atomic E-state index is 12.8. The number of nitrogens with one attached hydrogen (secondary N) is 1. The second-order valence-electron chi connectivity index (χ2n) is 10.2. The Labute approximate surface area is 217 Å². The Morgan fingerprint density at radius 3 is 2.46 bits per heavy atom. The molecule has 0 spiro atoms. The third kappa shape index (κ3) is 4.67. The Bertz CT molecular complexity index is 1690. The number of nitriles is 1. The standard InChI is InChI=1S/C29H30N4O3S/c1-19(2)18-37(35,36)31-22-11-9-21(10-12-22)28-26(17-30)25-14-13-24(32-15-5-6-20(3)29(32)34)16-27(25)33(28)23-7-4-8-23/h5-6,9-16,19,23,31H,4,7-8,18H2,1-3H3.